The maximum atomic E-state index is 5.27. The average molecular weight is 262 g/mol. The van der Waals surface area contributed by atoms with Gasteiger partial charge >= 0.3 is 0 Å². The Kier molecular flexibility index (Phi) is 3.50. The molecule has 4 heteroatoms. The lowest BCUT2D eigenvalue weighted by atomic mass is 10.1. The average Bonchev–Trinajstić information content (AvgIpc) is 2.82. The fourth-order valence-electron chi connectivity index (χ4n) is 2.42. The van der Waals surface area contributed by atoms with Crippen LogP contribution in [0.1, 0.15) is 5.56 Å². The highest BCUT2D eigenvalue weighted by atomic mass is 32.1. The van der Waals surface area contributed by atoms with Gasteiger partial charge < -0.3 is 10.1 Å². The van der Waals surface area contributed by atoms with Crippen LogP contribution in [0.3, 0.4) is 0 Å². The highest BCUT2D eigenvalue weighted by Gasteiger charge is 2.12. The van der Waals surface area contributed by atoms with Crippen molar-refractivity contribution >= 4 is 21.4 Å². The summed E-state index contributed by atoms with van der Waals surface area (Å²) in [4.78, 5) is 2.52. The molecule has 1 aliphatic heterocycles. The van der Waals surface area contributed by atoms with Crippen LogP contribution < -0.4 is 10.1 Å². The van der Waals surface area contributed by atoms with Gasteiger partial charge in [0.05, 0.1) is 7.11 Å². The van der Waals surface area contributed by atoms with Crippen LogP contribution in [0.4, 0.5) is 0 Å². The molecule has 1 aliphatic rings. The highest BCUT2D eigenvalue weighted by Crippen LogP contribution is 2.30. The molecule has 0 aliphatic carbocycles. The second kappa shape index (κ2) is 5.26. The monoisotopic (exact) mass is 262 g/mol. The van der Waals surface area contributed by atoms with E-state index in [1.807, 2.05) is 11.3 Å². The minimum atomic E-state index is 0.943. The van der Waals surface area contributed by atoms with E-state index in [0.717, 1.165) is 38.5 Å². The predicted octanol–water partition coefficient (Wildman–Crippen LogP) is 2.32. The van der Waals surface area contributed by atoms with Gasteiger partial charge in [-0.1, -0.05) is 0 Å². The van der Waals surface area contributed by atoms with E-state index < -0.39 is 0 Å². The number of ether oxygens (including phenoxy) is 1. The zero-order valence-electron chi connectivity index (χ0n) is 10.6. The Morgan fingerprint density at radius 3 is 2.94 bits per heavy atom. The summed E-state index contributed by atoms with van der Waals surface area (Å²) in [6, 6.07) is 6.36. The molecule has 96 valence electrons. The fourth-order valence-corrected chi connectivity index (χ4v) is 3.40. The zero-order valence-corrected chi connectivity index (χ0v) is 11.4. The van der Waals surface area contributed by atoms with Gasteiger partial charge in [0, 0.05) is 37.4 Å². The van der Waals surface area contributed by atoms with Crippen molar-refractivity contribution in [2.75, 3.05) is 33.3 Å². The van der Waals surface area contributed by atoms with E-state index in [-0.39, 0.29) is 0 Å². The first-order chi connectivity index (χ1) is 8.86. The highest BCUT2D eigenvalue weighted by molar-refractivity contribution is 7.17. The number of benzene rings is 1. The molecule has 1 N–H and O–H groups in total. The molecule has 2 heterocycles. The van der Waals surface area contributed by atoms with Gasteiger partial charge in [0.2, 0.25) is 0 Å². The number of piperazine rings is 1. The minimum absolute atomic E-state index is 0.943. The topological polar surface area (TPSA) is 24.5 Å². The van der Waals surface area contributed by atoms with Gasteiger partial charge in [-0.05, 0) is 34.5 Å². The van der Waals surface area contributed by atoms with E-state index in [1.54, 1.807) is 7.11 Å². The fraction of sp³-hybridized carbons (Fsp3) is 0.429. The molecule has 1 fully saturated rings. The van der Waals surface area contributed by atoms with Crippen molar-refractivity contribution < 1.29 is 4.74 Å². The zero-order chi connectivity index (χ0) is 12.4. The Morgan fingerprint density at radius 2 is 2.17 bits per heavy atom. The molecule has 0 unspecified atom stereocenters. The van der Waals surface area contributed by atoms with Crippen molar-refractivity contribution in [1.29, 1.82) is 0 Å². The Labute approximate surface area is 111 Å². The van der Waals surface area contributed by atoms with Crippen molar-refractivity contribution in [3.8, 4) is 5.75 Å². The summed E-state index contributed by atoms with van der Waals surface area (Å²) >= 11 is 1.81. The smallest absolute Gasteiger partial charge is 0.120 e. The van der Waals surface area contributed by atoms with E-state index >= 15 is 0 Å². The maximum absolute atomic E-state index is 5.27. The third-order valence-corrected chi connectivity index (χ3v) is 4.46. The molecular formula is C14H18N2OS. The normalized spacial score (nSPS) is 17.2. The number of fused-ring (bicyclic) bond motifs is 1. The first-order valence-corrected chi connectivity index (χ1v) is 7.22. The minimum Gasteiger partial charge on any atom is -0.497 e. The van der Waals surface area contributed by atoms with Crippen LogP contribution in [0.5, 0.6) is 5.75 Å². The molecule has 0 atom stereocenters. The largest absolute Gasteiger partial charge is 0.497 e. The molecular weight excluding hydrogens is 244 g/mol. The van der Waals surface area contributed by atoms with Gasteiger partial charge in [-0.15, -0.1) is 11.3 Å². The summed E-state index contributed by atoms with van der Waals surface area (Å²) in [5, 5.41) is 7.05. The van der Waals surface area contributed by atoms with Crippen LogP contribution in [0.2, 0.25) is 0 Å². The Morgan fingerprint density at radius 1 is 1.33 bits per heavy atom. The predicted molar refractivity (Wildman–Crippen MR) is 76.5 cm³/mol. The second-order valence-electron chi connectivity index (χ2n) is 4.65. The molecule has 0 bridgehead atoms. The van der Waals surface area contributed by atoms with Gasteiger partial charge in [-0.3, -0.25) is 4.90 Å². The molecule has 3 rings (SSSR count). The Bertz CT molecular complexity index is 532. The number of thiophene rings is 1. The van der Waals surface area contributed by atoms with Crippen molar-refractivity contribution in [3.05, 3.63) is 29.1 Å². The first kappa shape index (κ1) is 12.0. The summed E-state index contributed by atoms with van der Waals surface area (Å²) in [6.45, 7) is 5.57. The van der Waals surface area contributed by atoms with E-state index in [4.69, 9.17) is 4.74 Å². The van der Waals surface area contributed by atoms with Crippen LogP contribution in [0.15, 0.2) is 23.6 Å². The molecule has 0 spiro atoms. The standard InChI is InChI=1S/C14H18N2OS/c1-17-12-2-3-13-11(10-18-14(13)8-12)9-16-6-4-15-5-7-16/h2-3,8,10,15H,4-7,9H2,1H3. The molecule has 0 amide bonds. The summed E-state index contributed by atoms with van der Waals surface area (Å²) in [5.41, 5.74) is 1.44. The number of nitrogens with zero attached hydrogens (tertiary/aromatic N) is 1. The lowest BCUT2D eigenvalue weighted by Gasteiger charge is -2.26. The number of hydrogen-bond acceptors (Lipinski definition) is 4. The molecule has 2 aromatic rings. The van der Waals surface area contributed by atoms with Crippen molar-refractivity contribution in [2.45, 2.75) is 6.54 Å². The molecule has 1 saturated heterocycles. The van der Waals surface area contributed by atoms with Crippen molar-refractivity contribution in [1.82, 2.24) is 10.2 Å². The quantitative estimate of drug-likeness (QED) is 0.918. The lowest BCUT2D eigenvalue weighted by Crippen LogP contribution is -2.42. The lowest BCUT2D eigenvalue weighted by molar-refractivity contribution is 0.234. The van der Waals surface area contributed by atoms with Crippen LogP contribution in [0, 0.1) is 0 Å². The summed E-state index contributed by atoms with van der Waals surface area (Å²) in [7, 11) is 1.72. The van der Waals surface area contributed by atoms with Gasteiger partial charge in [0.1, 0.15) is 5.75 Å². The number of hydrogen-bond donors (Lipinski definition) is 1. The van der Waals surface area contributed by atoms with E-state index in [9.17, 15) is 0 Å². The number of nitrogens with one attached hydrogen (secondary N) is 1. The van der Waals surface area contributed by atoms with Crippen molar-refractivity contribution in [2.24, 2.45) is 0 Å². The molecule has 1 aromatic carbocycles. The van der Waals surface area contributed by atoms with Gasteiger partial charge in [-0.25, -0.2) is 0 Å². The second-order valence-corrected chi connectivity index (χ2v) is 5.56. The molecule has 3 nitrogen and oxygen atoms in total. The molecule has 18 heavy (non-hydrogen) atoms. The van der Waals surface area contributed by atoms with Gasteiger partial charge in [-0.2, -0.15) is 0 Å². The Hall–Kier alpha value is -1.10. The SMILES string of the molecule is COc1ccc2c(CN3CCNCC3)csc2c1. The Balaban J connectivity index is 1.83. The van der Waals surface area contributed by atoms with Gasteiger partial charge in [0.25, 0.3) is 0 Å². The van der Waals surface area contributed by atoms with E-state index in [0.29, 0.717) is 0 Å². The van der Waals surface area contributed by atoms with E-state index in [2.05, 4.69) is 33.8 Å². The summed E-state index contributed by atoms with van der Waals surface area (Å²) in [5.74, 6) is 0.943. The van der Waals surface area contributed by atoms with E-state index in [1.165, 1.54) is 15.6 Å². The third-order valence-electron chi connectivity index (χ3n) is 3.47. The van der Waals surface area contributed by atoms with Gasteiger partial charge in [0.15, 0.2) is 0 Å². The number of rotatable bonds is 3. The van der Waals surface area contributed by atoms with Crippen LogP contribution in [0.25, 0.3) is 10.1 Å². The molecule has 0 saturated carbocycles. The summed E-state index contributed by atoms with van der Waals surface area (Å²) < 4.78 is 6.59. The van der Waals surface area contributed by atoms with Crippen molar-refractivity contribution in [3.63, 3.8) is 0 Å². The molecule has 1 aromatic heterocycles. The van der Waals surface area contributed by atoms with Crippen LogP contribution in [-0.4, -0.2) is 38.2 Å². The molecule has 0 radical (unpaired) electrons. The van der Waals surface area contributed by atoms with Crippen LogP contribution >= 0.6 is 11.3 Å². The number of methoxy groups -OCH3 is 1. The van der Waals surface area contributed by atoms with Crippen LogP contribution in [-0.2, 0) is 6.54 Å². The first-order valence-electron chi connectivity index (χ1n) is 6.34. The maximum Gasteiger partial charge on any atom is 0.120 e. The summed E-state index contributed by atoms with van der Waals surface area (Å²) in [6.07, 6.45) is 0. The third kappa shape index (κ3) is 2.36.